The lowest BCUT2D eigenvalue weighted by atomic mass is 9.65. The predicted octanol–water partition coefficient (Wildman–Crippen LogP) is 4.13. The van der Waals surface area contributed by atoms with Gasteiger partial charge >= 0.3 is 0 Å². The molecule has 33 heavy (non-hydrogen) atoms. The fourth-order valence-corrected chi connectivity index (χ4v) is 6.21. The van der Waals surface area contributed by atoms with E-state index >= 15 is 0 Å². The number of nitrogens with one attached hydrogen (secondary N) is 2. The zero-order valence-electron chi connectivity index (χ0n) is 18.2. The number of hydrogen-bond donors (Lipinski definition) is 2. The average molecular weight is 494 g/mol. The van der Waals surface area contributed by atoms with E-state index in [-0.39, 0.29) is 22.7 Å². The molecule has 0 bridgehead atoms. The molecule has 1 aliphatic carbocycles. The summed E-state index contributed by atoms with van der Waals surface area (Å²) in [7, 11) is -2.20. The quantitative estimate of drug-likeness (QED) is 0.654. The molecule has 2 N–H and O–H groups in total. The van der Waals surface area contributed by atoms with Gasteiger partial charge in [0.15, 0.2) is 0 Å². The second-order valence-electron chi connectivity index (χ2n) is 9.11. The highest BCUT2D eigenvalue weighted by atomic mass is 35.5. The summed E-state index contributed by atoms with van der Waals surface area (Å²) in [6.45, 7) is 1.73. The lowest BCUT2D eigenvalue weighted by molar-refractivity contribution is -0.123. The Morgan fingerprint density at radius 3 is 2.70 bits per heavy atom. The minimum absolute atomic E-state index is 0.0803. The highest BCUT2D eigenvalue weighted by Gasteiger charge is 2.52. The predicted molar refractivity (Wildman–Crippen MR) is 124 cm³/mol. The second kappa shape index (κ2) is 8.14. The minimum Gasteiger partial charge on any atom is -0.487 e. The van der Waals surface area contributed by atoms with Crippen LogP contribution in [-0.4, -0.2) is 45.5 Å². The first-order valence-corrected chi connectivity index (χ1v) is 12.9. The van der Waals surface area contributed by atoms with Gasteiger partial charge in [0.25, 0.3) is 10.0 Å². The molecule has 1 spiro atoms. The molecule has 3 aliphatic rings. The maximum atomic E-state index is 14.3. The van der Waals surface area contributed by atoms with Crippen LogP contribution in [0.15, 0.2) is 35.2 Å². The first kappa shape index (κ1) is 22.4. The van der Waals surface area contributed by atoms with Crippen LogP contribution in [0.1, 0.15) is 37.7 Å². The first-order chi connectivity index (χ1) is 15.7. The Morgan fingerprint density at radius 2 is 2.03 bits per heavy atom. The molecule has 1 amide bonds. The molecule has 176 valence electrons. The van der Waals surface area contributed by atoms with E-state index in [0.29, 0.717) is 24.3 Å². The van der Waals surface area contributed by atoms with Gasteiger partial charge in [-0.2, -0.15) is 0 Å². The van der Waals surface area contributed by atoms with Crippen molar-refractivity contribution < 1.29 is 22.3 Å². The van der Waals surface area contributed by atoms with E-state index in [2.05, 4.69) is 14.9 Å². The van der Waals surface area contributed by atoms with E-state index in [1.165, 1.54) is 6.07 Å². The van der Waals surface area contributed by atoms with E-state index in [4.69, 9.17) is 16.3 Å². The summed E-state index contributed by atoms with van der Waals surface area (Å²) in [6, 6.07) is 6.64. The summed E-state index contributed by atoms with van der Waals surface area (Å²) in [5.74, 6) is -0.595. The van der Waals surface area contributed by atoms with Crippen LogP contribution in [0.5, 0.6) is 5.75 Å². The Bertz CT molecular complexity index is 1230. The number of carbonyl (C=O) groups excluding carboxylic acids is 1. The number of nitrogens with zero attached hydrogens (tertiary/aromatic N) is 1. The number of halogens is 2. The Hall–Kier alpha value is -2.36. The van der Waals surface area contributed by atoms with Crippen molar-refractivity contribution in [3.63, 3.8) is 0 Å². The second-order valence-corrected chi connectivity index (χ2v) is 11.2. The van der Waals surface area contributed by atoms with E-state index in [9.17, 15) is 17.6 Å². The molecule has 2 aliphatic heterocycles. The number of rotatable bonds is 5. The van der Waals surface area contributed by atoms with Crippen LogP contribution in [0.4, 0.5) is 15.8 Å². The van der Waals surface area contributed by atoms with Crippen LogP contribution >= 0.6 is 11.6 Å². The molecule has 0 radical (unpaired) electrons. The number of benzene rings is 2. The molecule has 2 aromatic rings. The summed E-state index contributed by atoms with van der Waals surface area (Å²) in [6.07, 6.45) is 4.08. The number of carbonyl (C=O) groups is 1. The Balaban J connectivity index is 1.53. The third-order valence-electron chi connectivity index (χ3n) is 6.81. The molecular formula is C23H25ClFN3O4S. The zero-order chi connectivity index (χ0) is 23.4. The molecular weight excluding hydrogens is 469 g/mol. The van der Waals surface area contributed by atoms with Crippen molar-refractivity contribution in [2.24, 2.45) is 0 Å². The number of amides is 1. The van der Waals surface area contributed by atoms with Gasteiger partial charge < -0.3 is 15.0 Å². The van der Waals surface area contributed by atoms with E-state index < -0.39 is 26.2 Å². The first-order valence-electron chi connectivity index (χ1n) is 11.0. The van der Waals surface area contributed by atoms with Gasteiger partial charge in [0.1, 0.15) is 22.6 Å². The number of anilines is 2. The van der Waals surface area contributed by atoms with Crippen molar-refractivity contribution in [3.8, 4) is 5.75 Å². The maximum Gasteiger partial charge on any atom is 0.264 e. The highest BCUT2D eigenvalue weighted by Crippen LogP contribution is 2.54. The summed E-state index contributed by atoms with van der Waals surface area (Å²) < 4.78 is 49.0. The van der Waals surface area contributed by atoms with Crippen molar-refractivity contribution in [3.05, 3.63) is 46.7 Å². The minimum atomic E-state index is -4.23. The number of sulfonamides is 1. The Kier molecular flexibility index (Phi) is 5.54. The van der Waals surface area contributed by atoms with Gasteiger partial charge in [0.2, 0.25) is 5.91 Å². The molecule has 0 aromatic heterocycles. The van der Waals surface area contributed by atoms with Gasteiger partial charge in [-0.05, 0) is 69.1 Å². The van der Waals surface area contributed by atoms with Crippen molar-refractivity contribution >= 4 is 38.9 Å². The summed E-state index contributed by atoms with van der Waals surface area (Å²) >= 11 is 5.77. The number of hydrogen-bond acceptors (Lipinski definition) is 5. The summed E-state index contributed by atoms with van der Waals surface area (Å²) in [5.41, 5.74) is 0.900. The fraction of sp³-hybridized carbons (Fsp3) is 0.435. The third kappa shape index (κ3) is 3.96. The lowest BCUT2D eigenvalue weighted by Crippen LogP contribution is -2.40. The van der Waals surface area contributed by atoms with Gasteiger partial charge in [0, 0.05) is 17.6 Å². The number of likely N-dealkylation sites (tertiary alicyclic amines) is 1. The molecule has 1 unspecified atom stereocenters. The smallest absolute Gasteiger partial charge is 0.264 e. The summed E-state index contributed by atoms with van der Waals surface area (Å²) in [4.78, 5) is 14.5. The summed E-state index contributed by atoms with van der Waals surface area (Å²) in [5, 5.41) is 3.07. The van der Waals surface area contributed by atoms with Gasteiger partial charge in [0.05, 0.1) is 16.8 Å². The van der Waals surface area contributed by atoms with Crippen molar-refractivity contribution in [2.45, 2.75) is 48.5 Å². The molecule has 10 heteroatoms. The maximum absolute atomic E-state index is 14.3. The Morgan fingerprint density at radius 1 is 1.24 bits per heavy atom. The van der Waals surface area contributed by atoms with Crippen LogP contribution in [0.3, 0.4) is 0 Å². The zero-order valence-corrected chi connectivity index (χ0v) is 19.7. The topological polar surface area (TPSA) is 87.7 Å². The lowest BCUT2D eigenvalue weighted by Gasteiger charge is -2.36. The van der Waals surface area contributed by atoms with E-state index in [1.807, 2.05) is 7.05 Å². The highest BCUT2D eigenvalue weighted by molar-refractivity contribution is 7.92. The molecule has 2 fully saturated rings. The number of piperidine rings is 1. The van der Waals surface area contributed by atoms with Crippen LogP contribution in [0.25, 0.3) is 0 Å². The molecule has 1 saturated heterocycles. The van der Waals surface area contributed by atoms with E-state index in [1.54, 1.807) is 12.1 Å². The molecule has 1 atom stereocenters. The van der Waals surface area contributed by atoms with Gasteiger partial charge in [-0.25, -0.2) is 12.8 Å². The van der Waals surface area contributed by atoms with Gasteiger partial charge in [-0.3, -0.25) is 9.52 Å². The third-order valence-corrected chi connectivity index (χ3v) is 8.46. The number of ether oxygens (including phenoxy) is 1. The molecule has 2 aromatic carbocycles. The molecule has 7 nitrogen and oxygen atoms in total. The van der Waals surface area contributed by atoms with Gasteiger partial charge in [-0.1, -0.05) is 18.0 Å². The molecule has 5 rings (SSSR count). The SMILES string of the molecule is CN1CCCC(Oc2cc(NS(=O)(=O)c3ccc(Cl)cc3F)cc3c2NC(=O)C32CCC2)C1. The van der Waals surface area contributed by atoms with E-state index in [0.717, 1.165) is 50.0 Å². The van der Waals surface area contributed by atoms with Crippen molar-refractivity contribution in [2.75, 3.05) is 30.2 Å². The molecule has 1 saturated carbocycles. The largest absolute Gasteiger partial charge is 0.487 e. The van der Waals surface area contributed by atoms with Crippen LogP contribution in [0.2, 0.25) is 5.02 Å². The average Bonchev–Trinajstić information content (AvgIpc) is 2.99. The van der Waals surface area contributed by atoms with Crippen molar-refractivity contribution in [1.29, 1.82) is 0 Å². The van der Waals surface area contributed by atoms with Crippen LogP contribution in [-0.2, 0) is 20.2 Å². The Labute approximate surface area is 197 Å². The fourth-order valence-electron chi connectivity index (χ4n) is 4.95. The van der Waals surface area contributed by atoms with Gasteiger partial charge in [-0.15, -0.1) is 0 Å². The number of likely N-dealkylation sites (N-methyl/N-ethyl adjacent to an activating group) is 1. The van der Waals surface area contributed by atoms with Crippen molar-refractivity contribution in [1.82, 2.24) is 4.90 Å². The normalized spacial score (nSPS) is 21.9. The van der Waals surface area contributed by atoms with Crippen LogP contribution in [0, 0.1) is 5.82 Å². The molecule has 2 heterocycles. The number of fused-ring (bicyclic) bond motifs is 2. The standard InChI is InChI=1S/C23H25ClFN3O4S/c1-28-9-2-4-16(13-28)32-19-12-15(11-17-21(19)26-22(29)23(17)7-3-8-23)27-33(30,31)20-6-5-14(24)10-18(20)25/h5-6,10-12,16,27H,2-4,7-9,13H2,1H3,(H,26,29). The monoisotopic (exact) mass is 493 g/mol. The van der Waals surface area contributed by atoms with Crippen LogP contribution < -0.4 is 14.8 Å².